The zero-order valence-electron chi connectivity index (χ0n) is 45.4. The van der Waals surface area contributed by atoms with Gasteiger partial charge in [-0.05, 0) is 238 Å². The average Bonchev–Trinajstić information content (AvgIpc) is 4.08. The van der Waals surface area contributed by atoms with Crippen LogP contribution in [0.2, 0.25) is 0 Å². The van der Waals surface area contributed by atoms with Crippen LogP contribution in [0.4, 0.5) is 0 Å². The first kappa shape index (κ1) is 46.4. The summed E-state index contributed by atoms with van der Waals surface area (Å²) in [6, 6.07) is 60.9. The van der Waals surface area contributed by atoms with Gasteiger partial charge in [0.1, 0.15) is 0 Å². The van der Waals surface area contributed by atoms with Gasteiger partial charge in [0.25, 0.3) is 0 Å². The number of para-hydroxylation sites is 6. The minimum Gasteiger partial charge on any atom is -0.309 e. The summed E-state index contributed by atoms with van der Waals surface area (Å²) in [7, 11) is 0. The van der Waals surface area contributed by atoms with Gasteiger partial charge in [-0.25, -0.2) is 0 Å². The van der Waals surface area contributed by atoms with E-state index in [4.69, 9.17) is 0 Å². The highest BCUT2D eigenvalue weighted by atomic mass is 15.0. The van der Waals surface area contributed by atoms with Crippen LogP contribution in [0.5, 0.6) is 0 Å². The van der Waals surface area contributed by atoms with Crippen molar-refractivity contribution in [3.05, 3.63) is 231 Å². The number of hydrogen-bond donors (Lipinski definition) is 0. The molecule has 366 valence electrons. The van der Waals surface area contributed by atoms with Crippen molar-refractivity contribution in [3.63, 3.8) is 0 Å². The lowest BCUT2D eigenvalue weighted by atomic mass is 9.81. The summed E-state index contributed by atoms with van der Waals surface area (Å²) >= 11 is 0. The SMILES string of the molecule is Cc1c(C)c(-n2c3ccccc3c3ccccc32)c(C)c(C)c1-c1cc(-c2c(C)c(C)c(-n3c4ccccc4c4ccccc43)c(C)c2C)cc(-c2c(C)c(C)c(-n3c4ccccc4c4ccccc43)c(C)c2C)c1. The molecule has 75 heavy (non-hydrogen) atoms. The molecule has 3 aromatic heterocycles. The van der Waals surface area contributed by atoms with Gasteiger partial charge in [0.05, 0.1) is 50.2 Å². The number of aromatic nitrogens is 3. The first-order chi connectivity index (χ1) is 36.3. The Kier molecular flexibility index (Phi) is 10.6. The molecule has 0 fully saturated rings. The third-order valence-electron chi connectivity index (χ3n) is 18.0. The molecule has 10 aromatic carbocycles. The molecular formula is C72H63N3. The Labute approximate surface area is 441 Å². The molecule has 0 radical (unpaired) electrons. The Morgan fingerprint density at radius 3 is 0.533 bits per heavy atom. The summed E-state index contributed by atoms with van der Waals surface area (Å²) in [5.41, 5.74) is 34.6. The molecule has 0 amide bonds. The minimum absolute atomic E-state index is 1.24. The van der Waals surface area contributed by atoms with Gasteiger partial charge >= 0.3 is 0 Å². The number of hydrogen-bond acceptors (Lipinski definition) is 0. The predicted octanol–water partition coefficient (Wildman–Crippen LogP) is 19.7. The van der Waals surface area contributed by atoms with Crippen molar-refractivity contribution in [1.29, 1.82) is 0 Å². The molecule has 3 nitrogen and oxygen atoms in total. The molecule has 0 unspecified atom stereocenters. The number of fused-ring (bicyclic) bond motifs is 9. The molecule has 0 atom stereocenters. The van der Waals surface area contributed by atoms with Crippen LogP contribution in [0, 0.1) is 83.1 Å². The molecule has 13 rings (SSSR count). The molecule has 3 heterocycles. The Bertz CT molecular complexity index is 3870. The van der Waals surface area contributed by atoms with Gasteiger partial charge in [-0.15, -0.1) is 0 Å². The van der Waals surface area contributed by atoms with Gasteiger partial charge in [0, 0.05) is 32.3 Å². The fraction of sp³-hybridized carbons (Fsp3) is 0.167. The van der Waals surface area contributed by atoms with Gasteiger partial charge in [-0.3, -0.25) is 0 Å². The Balaban J connectivity index is 1.09. The van der Waals surface area contributed by atoms with Gasteiger partial charge in [-0.2, -0.15) is 0 Å². The van der Waals surface area contributed by atoms with Crippen LogP contribution in [-0.2, 0) is 0 Å². The standard InChI is InChI=1S/C72H63N3/c1-40-46(7)70(73-61-31-19-13-25-55(61)56-26-14-20-32-62(56)73)47(8)41(2)67(40)52-37-53(68-42(3)48(9)71(49(10)43(68)4)74-63-33-21-15-27-57(63)58-28-16-22-34-64(58)74)39-54(38-52)69-44(5)50(11)72(51(12)45(69)6)75-65-35-23-17-29-59(65)60-30-18-24-36-66(60)75/h13-39H,1-12H3. The average molecular weight is 970 g/mol. The lowest BCUT2D eigenvalue weighted by Gasteiger charge is -2.26. The zero-order chi connectivity index (χ0) is 51.9. The Morgan fingerprint density at radius 2 is 0.360 bits per heavy atom. The van der Waals surface area contributed by atoms with E-state index in [1.165, 1.54) is 183 Å². The molecule has 0 saturated carbocycles. The molecule has 0 saturated heterocycles. The fourth-order valence-electron chi connectivity index (χ4n) is 13.7. The third kappa shape index (κ3) is 6.53. The van der Waals surface area contributed by atoms with E-state index in [1.807, 2.05) is 0 Å². The fourth-order valence-corrected chi connectivity index (χ4v) is 13.7. The van der Waals surface area contributed by atoms with E-state index in [0.717, 1.165) is 0 Å². The minimum atomic E-state index is 1.24. The van der Waals surface area contributed by atoms with Crippen LogP contribution in [-0.4, -0.2) is 13.7 Å². The maximum absolute atomic E-state index is 2.52. The largest absolute Gasteiger partial charge is 0.309 e. The number of rotatable bonds is 6. The highest BCUT2D eigenvalue weighted by Gasteiger charge is 2.27. The highest BCUT2D eigenvalue weighted by Crippen LogP contribution is 2.48. The van der Waals surface area contributed by atoms with Crippen molar-refractivity contribution < 1.29 is 0 Å². The first-order valence-corrected chi connectivity index (χ1v) is 26.7. The van der Waals surface area contributed by atoms with Gasteiger partial charge in [-0.1, -0.05) is 109 Å². The van der Waals surface area contributed by atoms with Gasteiger partial charge in [0.2, 0.25) is 0 Å². The quantitative estimate of drug-likeness (QED) is 0.158. The first-order valence-electron chi connectivity index (χ1n) is 26.7. The van der Waals surface area contributed by atoms with Crippen LogP contribution in [0.1, 0.15) is 66.8 Å². The second kappa shape index (κ2) is 17.1. The third-order valence-corrected chi connectivity index (χ3v) is 18.0. The van der Waals surface area contributed by atoms with E-state index in [0.29, 0.717) is 0 Å². The lowest BCUT2D eigenvalue weighted by Crippen LogP contribution is -2.08. The monoisotopic (exact) mass is 970 g/mol. The van der Waals surface area contributed by atoms with E-state index in [2.05, 4.69) is 261 Å². The van der Waals surface area contributed by atoms with E-state index in [-0.39, 0.29) is 0 Å². The van der Waals surface area contributed by atoms with Crippen molar-refractivity contribution >= 4 is 65.4 Å². The van der Waals surface area contributed by atoms with Crippen LogP contribution in [0.25, 0.3) is 116 Å². The van der Waals surface area contributed by atoms with Crippen LogP contribution < -0.4 is 0 Å². The molecule has 0 aliphatic rings. The molecule has 0 N–H and O–H groups in total. The normalized spacial score (nSPS) is 12.0. The van der Waals surface area contributed by atoms with Crippen molar-refractivity contribution in [2.45, 2.75) is 83.1 Å². The zero-order valence-corrected chi connectivity index (χ0v) is 45.4. The summed E-state index contributed by atoms with van der Waals surface area (Å²) in [4.78, 5) is 0. The maximum Gasteiger partial charge on any atom is 0.0541 e. The summed E-state index contributed by atoms with van der Waals surface area (Å²) in [6.45, 7) is 28.2. The van der Waals surface area contributed by atoms with Crippen LogP contribution in [0.3, 0.4) is 0 Å². The second-order valence-corrected chi connectivity index (χ2v) is 21.6. The van der Waals surface area contributed by atoms with E-state index >= 15 is 0 Å². The van der Waals surface area contributed by atoms with Crippen molar-refractivity contribution in [1.82, 2.24) is 13.7 Å². The molecule has 0 aliphatic heterocycles. The molecule has 3 heteroatoms. The van der Waals surface area contributed by atoms with Crippen molar-refractivity contribution in [2.24, 2.45) is 0 Å². The summed E-state index contributed by atoms with van der Waals surface area (Å²) in [6.07, 6.45) is 0. The Morgan fingerprint density at radius 1 is 0.200 bits per heavy atom. The van der Waals surface area contributed by atoms with Crippen molar-refractivity contribution in [2.75, 3.05) is 0 Å². The Hall–Kier alpha value is -8.40. The van der Waals surface area contributed by atoms with Crippen LogP contribution >= 0.6 is 0 Å². The highest BCUT2D eigenvalue weighted by molar-refractivity contribution is 6.12. The molecule has 0 bridgehead atoms. The smallest absolute Gasteiger partial charge is 0.0541 e. The van der Waals surface area contributed by atoms with E-state index < -0.39 is 0 Å². The molecule has 0 spiro atoms. The van der Waals surface area contributed by atoms with E-state index in [9.17, 15) is 0 Å². The van der Waals surface area contributed by atoms with Crippen LogP contribution in [0.15, 0.2) is 164 Å². The van der Waals surface area contributed by atoms with Gasteiger partial charge < -0.3 is 13.7 Å². The lowest BCUT2D eigenvalue weighted by molar-refractivity contribution is 1.09. The van der Waals surface area contributed by atoms with E-state index in [1.54, 1.807) is 0 Å². The predicted molar refractivity (Wildman–Crippen MR) is 323 cm³/mol. The molecular weight excluding hydrogens is 907 g/mol. The maximum atomic E-state index is 2.52. The molecule has 13 aromatic rings. The van der Waals surface area contributed by atoms with Crippen molar-refractivity contribution in [3.8, 4) is 50.4 Å². The summed E-state index contributed by atoms with van der Waals surface area (Å²) < 4.78 is 7.57. The van der Waals surface area contributed by atoms with Gasteiger partial charge in [0.15, 0.2) is 0 Å². The number of benzene rings is 10. The summed E-state index contributed by atoms with van der Waals surface area (Å²) in [5, 5.41) is 7.69. The number of nitrogens with zero attached hydrogens (tertiary/aromatic N) is 3. The molecule has 0 aliphatic carbocycles. The summed E-state index contributed by atoms with van der Waals surface area (Å²) in [5.74, 6) is 0. The second-order valence-electron chi connectivity index (χ2n) is 21.6. The topological polar surface area (TPSA) is 14.8 Å².